The van der Waals surface area contributed by atoms with Gasteiger partial charge in [0.15, 0.2) is 11.5 Å². The quantitative estimate of drug-likeness (QED) is 0.776. The standard InChI is InChI=1S/C16H26NO3/c1-6-17(3,7-2)16-13-11-15(19-5)14(18-4)10-12(13)8-9-20-16/h10-11,16H,6-9H2,1-5H3/q+1. The van der Waals surface area contributed by atoms with Crippen molar-refractivity contribution in [3.63, 3.8) is 0 Å². The Hall–Kier alpha value is -1.26. The molecule has 0 amide bonds. The fourth-order valence-electron chi connectivity index (χ4n) is 2.82. The molecular formula is C16H26NO3+. The van der Waals surface area contributed by atoms with Gasteiger partial charge in [-0.1, -0.05) is 0 Å². The molecule has 4 heteroatoms. The molecule has 0 fully saturated rings. The summed E-state index contributed by atoms with van der Waals surface area (Å²) >= 11 is 0. The molecule has 1 aliphatic heterocycles. The van der Waals surface area contributed by atoms with Gasteiger partial charge in [-0.15, -0.1) is 0 Å². The van der Waals surface area contributed by atoms with Gasteiger partial charge in [-0.25, -0.2) is 0 Å². The van der Waals surface area contributed by atoms with Crippen LogP contribution in [-0.4, -0.2) is 45.4 Å². The third-order valence-electron chi connectivity index (χ3n) is 4.57. The Balaban J connectivity index is 2.50. The first-order valence-corrected chi connectivity index (χ1v) is 7.30. The van der Waals surface area contributed by atoms with Gasteiger partial charge >= 0.3 is 0 Å². The number of nitrogens with zero attached hydrogens (tertiary/aromatic N) is 1. The highest BCUT2D eigenvalue weighted by atomic mass is 16.5. The molecule has 0 saturated heterocycles. The fraction of sp³-hybridized carbons (Fsp3) is 0.625. The van der Waals surface area contributed by atoms with Gasteiger partial charge in [-0.2, -0.15) is 0 Å². The van der Waals surface area contributed by atoms with E-state index in [0.717, 1.165) is 42.1 Å². The molecule has 1 unspecified atom stereocenters. The Labute approximate surface area is 121 Å². The van der Waals surface area contributed by atoms with Crippen molar-refractivity contribution in [2.45, 2.75) is 26.5 Å². The number of methoxy groups -OCH3 is 2. The summed E-state index contributed by atoms with van der Waals surface area (Å²) in [5.74, 6) is 1.58. The molecule has 1 heterocycles. The molecule has 1 aromatic carbocycles. The number of ether oxygens (including phenoxy) is 3. The van der Waals surface area contributed by atoms with Crippen LogP contribution >= 0.6 is 0 Å². The van der Waals surface area contributed by atoms with Crippen molar-refractivity contribution in [2.75, 3.05) is 41.0 Å². The van der Waals surface area contributed by atoms with E-state index in [4.69, 9.17) is 14.2 Å². The number of hydrogen-bond donors (Lipinski definition) is 0. The van der Waals surface area contributed by atoms with Gasteiger partial charge in [-0.3, -0.25) is 4.48 Å². The van der Waals surface area contributed by atoms with Gasteiger partial charge in [0.25, 0.3) is 0 Å². The summed E-state index contributed by atoms with van der Waals surface area (Å²) in [5.41, 5.74) is 2.55. The Morgan fingerprint density at radius 2 is 1.75 bits per heavy atom. The molecule has 0 bridgehead atoms. The first-order chi connectivity index (χ1) is 9.59. The SMILES string of the molecule is CC[N+](C)(CC)C1OCCc2cc(OC)c(OC)cc21. The van der Waals surface area contributed by atoms with E-state index in [2.05, 4.69) is 33.0 Å². The average molecular weight is 280 g/mol. The van der Waals surface area contributed by atoms with Gasteiger partial charge in [0.2, 0.25) is 6.23 Å². The maximum absolute atomic E-state index is 6.10. The number of quaternary nitrogens is 1. The van der Waals surface area contributed by atoms with Crippen molar-refractivity contribution in [3.05, 3.63) is 23.3 Å². The summed E-state index contributed by atoms with van der Waals surface area (Å²) in [4.78, 5) is 0. The van der Waals surface area contributed by atoms with Gasteiger partial charge in [-0.05, 0) is 38.0 Å². The minimum atomic E-state index is 0.0774. The normalized spacial score (nSPS) is 18.6. The van der Waals surface area contributed by atoms with Crippen molar-refractivity contribution in [3.8, 4) is 11.5 Å². The lowest BCUT2D eigenvalue weighted by Gasteiger charge is -2.42. The van der Waals surface area contributed by atoms with Crippen LogP contribution in [-0.2, 0) is 11.2 Å². The average Bonchev–Trinajstić information content (AvgIpc) is 2.51. The van der Waals surface area contributed by atoms with Crippen molar-refractivity contribution < 1.29 is 18.7 Å². The molecule has 1 aromatic rings. The second kappa shape index (κ2) is 6.02. The molecular weight excluding hydrogens is 254 g/mol. The van der Waals surface area contributed by atoms with Crippen LogP contribution in [0.15, 0.2) is 12.1 Å². The number of fused-ring (bicyclic) bond motifs is 1. The summed E-state index contributed by atoms with van der Waals surface area (Å²) < 4.78 is 17.8. The van der Waals surface area contributed by atoms with Crippen LogP contribution < -0.4 is 9.47 Å². The maximum Gasteiger partial charge on any atom is 0.220 e. The van der Waals surface area contributed by atoms with Crippen molar-refractivity contribution in [1.82, 2.24) is 0 Å². The van der Waals surface area contributed by atoms with E-state index in [9.17, 15) is 0 Å². The lowest BCUT2D eigenvalue weighted by Crippen LogP contribution is -2.49. The third kappa shape index (κ3) is 2.50. The molecule has 0 aliphatic carbocycles. The smallest absolute Gasteiger partial charge is 0.220 e. The predicted octanol–water partition coefficient (Wildman–Crippen LogP) is 2.76. The highest BCUT2D eigenvalue weighted by molar-refractivity contribution is 5.48. The predicted molar refractivity (Wildman–Crippen MR) is 79.2 cm³/mol. The molecule has 1 aliphatic rings. The van der Waals surface area contributed by atoms with Gasteiger partial charge in [0.1, 0.15) is 0 Å². The highest BCUT2D eigenvalue weighted by Crippen LogP contribution is 2.40. The maximum atomic E-state index is 6.10. The van der Waals surface area contributed by atoms with Gasteiger partial charge in [0, 0.05) is 5.56 Å². The highest BCUT2D eigenvalue weighted by Gasteiger charge is 2.36. The number of hydrogen-bond acceptors (Lipinski definition) is 3. The third-order valence-corrected chi connectivity index (χ3v) is 4.57. The summed E-state index contributed by atoms with van der Waals surface area (Å²) in [6.07, 6.45) is 1.01. The first-order valence-electron chi connectivity index (χ1n) is 7.30. The van der Waals surface area contributed by atoms with Gasteiger partial charge < -0.3 is 14.2 Å². The van der Waals surface area contributed by atoms with E-state index in [0.29, 0.717) is 0 Å². The summed E-state index contributed by atoms with van der Waals surface area (Å²) in [7, 11) is 5.60. The molecule has 0 saturated carbocycles. The van der Waals surface area contributed by atoms with Crippen LogP contribution in [0.25, 0.3) is 0 Å². The minimum absolute atomic E-state index is 0.0774. The van der Waals surface area contributed by atoms with Crippen LogP contribution in [0.1, 0.15) is 31.2 Å². The molecule has 0 radical (unpaired) electrons. The van der Waals surface area contributed by atoms with E-state index in [1.807, 2.05) is 0 Å². The zero-order chi connectivity index (χ0) is 14.8. The van der Waals surface area contributed by atoms with Crippen LogP contribution in [0.4, 0.5) is 0 Å². The largest absolute Gasteiger partial charge is 0.493 e. The second-order valence-corrected chi connectivity index (χ2v) is 5.49. The summed E-state index contributed by atoms with van der Waals surface area (Å²) in [6.45, 7) is 7.26. The van der Waals surface area contributed by atoms with Crippen LogP contribution in [0.5, 0.6) is 11.5 Å². The Bertz CT molecular complexity index is 469. The Morgan fingerprint density at radius 1 is 1.15 bits per heavy atom. The first kappa shape index (κ1) is 15.1. The zero-order valence-electron chi connectivity index (χ0n) is 13.2. The van der Waals surface area contributed by atoms with Crippen LogP contribution in [0.3, 0.4) is 0 Å². The van der Waals surface area contributed by atoms with Crippen LogP contribution in [0.2, 0.25) is 0 Å². The molecule has 0 spiro atoms. The topological polar surface area (TPSA) is 27.7 Å². The molecule has 0 aromatic heterocycles. The summed E-state index contributed by atoms with van der Waals surface area (Å²) in [5, 5.41) is 0. The van der Waals surface area contributed by atoms with E-state index in [1.54, 1.807) is 14.2 Å². The molecule has 0 N–H and O–H groups in total. The second-order valence-electron chi connectivity index (χ2n) is 5.49. The fourth-order valence-corrected chi connectivity index (χ4v) is 2.82. The van der Waals surface area contributed by atoms with E-state index in [-0.39, 0.29) is 6.23 Å². The lowest BCUT2D eigenvalue weighted by atomic mass is 9.98. The van der Waals surface area contributed by atoms with E-state index in [1.165, 1.54) is 11.1 Å². The van der Waals surface area contributed by atoms with Crippen molar-refractivity contribution in [1.29, 1.82) is 0 Å². The Morgan fingerprint density at radius 3 is 2.30 bits per heavy atom. The van der Waals surface area contributed by atoms with Gasteiger partial charge in [0.05, 0.1) is 41.0 Å². The molecule has 2 rings (SSSR count). The molecule has 20 heavy (non-hydrogen) atoms. The lowest BCUT2D eigenvalue weighted by molar-refractivity contribution is -0.959. The van der Waals surface area contributed by atoms with Crippen LogP contribution in [0, 0.1) is 0 Å². The van der Waals surface area contributed by atoms with E-state index >= 15 is 0 Å². The monoisotopic (exact) mass is 280 g/mol. The molecule has 112 valence electrons. The number of rotatable bonds is 5. The zero-order valence-corrected chi connectivity index (χ0v) is 13.2. The van der Waals surface area contributed by atoms with E-state index < -0.39 is 0 Å². The Kier molecular flexibility index (Phi) is 4.55. The molecule has 1 atom stereocenters. The van der Waals surface area contributed by atoms with Crippen molar-refractivity contribution >= 4 is 0 Å². The minimum Gasteiger partial charge on any atom is -0.493 e. The summed E-state index contributed by atoms with van der Waals surface area (Å²) in [6, 6.07) is 4.18. The number of benzene rings is 1. The van der Waals surface area contributed by atoms with Crippen molar-refractivity contribution in [2.24, 2.45) is 0 Å². The molecule has 4 nitrogen and oxygen atoms in total.